The molecular formula is C30H23BN2. The number of hydrogen-bond donors (Lipinski definition) is 0. The van der Waals surface area contributed by atoms with Crippen molar-refractivity contribution in [1.82, 2.24) is 5.01 Å². The molecular weight excluding hydrogens is 399 g/mol. The lowest BCUT2D eigenvalue weighted by Crippen LogP contribution is -2.17. The van der Waals surface area contributed by atoms with Crippen LogP contribution in [0.4, 0.5) is 0 Å². The zero-order valence-electron chi connectivity index (χ0n) is 18.3. The predicted octanol–water partition coefficient (Wildman–Crippen LogP) is 5.92. The Morgan fingerprint density at radius 1 is 0.667 bits per heavy atom. The summed E-state index contributed by atoms with van der Waals surface area (Å²) in [6.45, 7) is 0.714. The van der Waals surface area contributed by atoms with Crippen molar-refractivity contribution >= 4 is 30.7 Å². The van der Waals surface area contributed by atoms with Crippen LogP contribution in [0.2, 0.25) is 0 Å². The van der Waals surface area contributed by atoms with Gasteiger partial charge in [0.1, 0.15) is 7.85 Å². The van der Waals surface area contributed by atoms with Crippen LogP contribution < -0.4 is 5.46 Å². The molecule has 0 unspecified atom stereocenters. The van der Waals surface area contributed by atoms with E-state index in [0.29, 0.717) is 6.54 Å². The molecule has 3 heteroatoms. The molecule has 1 aliphatic rings. The Hall–Kier alpha value is -4.11. The lowest BCUT2D eigenvalue weighted by Gasteiger charge is -2.23. The predicted molar refractivity (Wildman–Crippen MR) is 140 cm³/mol. The van der Waals surface area contributed by atoms with Crippen LogP contribution in [0, 0.1) is 0 Å². The molecule has 0 saturated heterocycles. The first-order chi connectivity index (χ1) is 16.2. The standard InChI is InChI=1S/C30H23BN2/c31-30-16-8-15-27(19-30)26-14-7-9-23(17-26)20-32-33-21-28(24-10-3-1-4-11-24)18-29(22-33)25-12-5-2-6-13-25/h1-21H,22H2/b32-20+. The molecule has 5 rings (SSSR count). The molecule has 2 nitrogen and oxygen atoms in total. The van der Waals surface area contributed by atoms with Crippen molar-refractivity contribution in [2.75, 3.05) is 6.54 Å². The van der Waals surface area contributed by atoms with E-state index in [9.17, 15) is 0 Å². The fraction of sp³-hybridized carbons (Fsp3) is 0.0333. The highest BCUT2D eigenvalue weighted by atomic mass is 15.4. The van der Waals surface area contributed by atoms with Gasteiger partial charge in [-0.15, -0.1) is 0 Å². The van der Waals surface area contributed by atoms with Crippen molar-refractivity contribution < 1.29 is 0 Å². The maximum Gasteiger partial charge on any atom is 0.113 e. The van der Waals surface area contributed by atoms with Gasteiger partial charge in [0.2, 0.25) is 0 Å². The highest BCUT2D eigenvalue weighted by molar-refractivity contribution is 6.32. The molecule has 0 bridgehead atoms. The average molecular weight is 422 g/mol. The average Bonchev–Trinajstić information content (AvgIpc) is 2.88. The van der Waals surface area contributed by atoms with Crippen LogP contribution in [-0.2, 0) is 0 Å². The van der Waals surface area contributed by atoms with Gasteiger partial charge in [-0.2, -0.15) is 5.10 Å². The first kappa shape index (κ1) is 20.8. The number of nitrogens with zero attached hydrogens (tertiary/aromatic N) is 2. The largest absolute Gasteiger partial charge is 0.268 e. The third kappa shape index (κ3) is 5.04. The highest BCUT2D eigenvalue weighted by Gasteiger charge is 2.14. The van der Waals surface area contributed by atoms with E-state index < -0.39 is 0 Å². The minimum absolute atomic E-state index is 0.714. The third-order valence-corrected chi connectivity index (χ3v) is 5.66. The van der Waals surface area contributed by atoms with E-state index in [4.69, 9.17) is 12.9 Å². The van der Waals surface area contributed by atoms with Crippen LogP contribution in [0.5, 0.6) is 0 Å². The van der Waals surface area contributed by atoms with Gasteiger partial charge in [0.05, 0.1) is 12.8 Å². The van der Waals surface area contributed by atoms with Crippen molar-refractivity contribution in [3.8, 4) is 11.1 Å². The molecule has 0 spiro atoms. The molecule has 1 aliphatic heterocycles. The topological polar surface area (TPSA) is 15.6 Å². The van der Waals surface area contributed by atoms with E-state index in [1.807, 2.05) is 41.6 Å². The lowest BCUT2D eigenvalue weighted by molar-refractivity contribution is 0.451. The fourth-order valence-corrected chi connectivity index (χ4v) is 4.00. The van der Waals surface area contributed by atoms with Gasteiger partial charge in [-0.25, -0.2) is 0 Å². The van der Waals surface area contributed by atoms with Gasteiger partial charge in [-0.3, -0.25) is 5.01 Å². The summed E-state index contributed by atoms with van der Waals surface area (Å²) in [5.41, 5.74) is 8.80. The van der Waals surface area contributed by atoms with Gasteiger partial charge in [-0.05, 0) is 51.1 Å². The molecule has 0 atom stereocenters. The number of rotatable bonds is 5. The quantitative estimate of drug-likeness (QED) is 0.288. The Morgan fingerprint density at radius 3 is 2.03 bits per heavy atom. The SMILES string of the molecule is [B]c1cccc(-c2cccc(/C=N/N3C=C(c4ccccc4)C=C(c4ccccc4)C3)c2)c1. The molecule has 0 N–H and O–H groups in total. The Kier molecular flexibility index (Phi) is 6.03. The highest BCUT2D eigenvalue weighted by Crippen LogP contribution is 2.28. The number of benzene rings is 4. The molecule has 156 valence electrons. The molecule has 0 aromatic heterocycles. The van der Waals surface area contributed by atoms with Crippen LogP contribution >= 0.6 is 0 Å². The molecule has 2 radical (unpaired) electrons. The maximum absolute atomic E-state index is 5.97. The van der Waals surface area contributed by atoms with E-state index >= 15 is 0 Å². The summed E-state index contributed by atoms with van der Waals surface area (Å²) in [5, 5.41) is 6.84. The van der Waals surface area contributed by atoms with Crippen LogP contribution in [0.3, 0.4) is 0 Å². The number of hydrazone groups is 1. The first-order valence-electron chi connectivity index (χ1n) is 11.0. The number of allylic oxidation sites excluding steroid dienone is 2. The zero-order chi connectivity index (χ0) is 22.5. The van der Waals surface area contributed by atoms with Crippen LogP contribution in [0.15, 0.2) is 127 Å². The van der Waals surface area contributed by atoms with E-state index in [2.05, 4.69) is 91.1 Å². The minimum atomic E-state index is 0.714. The maximum atomic E-state index is 5.97. The van der Waals surface area contributed by atoms with Crippen LogP contribution in [-0.4, -0.2) is 25.6 Å². The Morgan fingerprint density at radius 2 is 1.30 bits per heavy atom. The summed E-state index contributed by atoms with van der Waals surface area (Å²) in [6, 6.07) is 37.2. The van der Waals surface area contributed by atoms with E-state index in [1.165, 1.54) is 16.7 Å². The molecule has 1 heterocycles. The van der Waals surface area contributed by atoms with Crippen molar-refractivity contribution in [1.29, 1.82) is 0 Å². The van der Waals surface area contributed by atoms with Gasteiger partial charge in [0, 0.05) is 6.20 Å². The second kappa shape index (κ2) is 9.58. The van der Waals surface area contributed by atoms with Crippen molar-refractivity contribution in [2.24, 2.45) is 5.10 Å². The van der Waals surface area contributed by atoms with Gasteiger partial charge >= 0.3 is 0 Å². The van der Waals surface area contributed by atoms with Gasteiger partial charge in [0.15, 0.2) is 0 Å². The van der Waals surface area contributed by atoms with Crippen molar-refractivity contribution in [3.05, 3.63) is 138 Å². The summed E-state index contributed by atoms with van der Waals surface area (Å²) >= 11 is 0. The second-order valence-corrected chi connectivity index (χ2v) is 8.08. The molecule has 0 saturated carbocycles. The normalized spacial score (nSPS) is 13.6. The Labute approximate surface area is 196 Å². The lowest BCUT2D eigenvalue weighted by atomic mass is 9.92. The van der Waals surface area contributed by atoms with Gasteiger partial charge < -0.3 is 0 Å². The molecule has 33 heavy (non-hydrogen) atoms. The van der Waals surface area contributed by atoms with Gasteiger partial charge in [-0.1, -0.05) is 109 Å². The zero-order valence-corrected chi connectivity index (χ0v) is 18.3. The Bertz CT molecular complexity index is 1340. The summed E-state index contributed by atoms with van der Waals surface area (Å²) in [4.78, 5) is 0. The van der Waals surface area contributed by atoms with Gasteiger partial charge in [0.25, 0.3) is 0 Å². The number of hydrogen-bond acceptors (Lipinski definition) is 2. The van der Waals surface area contributed by atoms with E-state index in [-0.39, 0.29) is 0 Å². The summed E-state index contributed by atoms with van der Waals surface area (Å²) in [6.07, 6.45) is 6.29. The third-order valence-electron chi connectivity index (χ3n) is 5.66. The van der Waals surface area contributed by atoms with E-state index in [0.717, 1.165) is 27.7 Å². The Balaban J connectivity index is 1.45. The molecule has 0 amide bonds. The minimum Gasteiger partial charge on any atom is -0.268 e. The second-order valence-electron chi connectivity index (χ2n) is 8.08. The monoisotopic (exact) mass is 422 g/mol. The van der Waals surface area contributed by atoms with Crippen molar-refractivity contribution in [2.45, 2.75) is 0 Å². The summed E-state index contributed by atoms with van der Waals surface area (Å²) < 4.78 is 0. The first-order valence-corrected chi connectivity index (χ1v) is 11.0. The van der Waals surface area contributed by atoms with Crippen LogP contribution in [0.25, 0.3) is 22.3 Å². The molecule has 0 aliphatic carbocycles. The van der Waals surface area contributed by atoms with E-state index in [1.54, 1.807) is 0 Å². The molecule has 0 fully saturated rings. The smallest absolute Gasteiger partial charge is 0.113 e. The fourth-order valence-electron chi connectivity index (χ4n) is 4.00. The summed E-state index contributed by atoms with van der Waals surface area (Å²) in [5.74, 6) is 0. The van der Waals surface area contributed by atoms with Crippen molar-refractivity contribution in [3.63, 3.8) is 0 Å². The van der Waals surface area contributed by atoms with Crippen LogP contribution in [0.1, 0.15) is 16.7 Å². The molecule has 4 aromatic carbocycles. The summed E-state index contributed by atoms with van der Waals surface area (Å²) in [7, 11) is 5.97. The molecule has 4 aromatic rings.